The summed E-state index contributed by atoms with van der Waals surface area (Å²) in [6, 6.07) is 4.69. The number of likely N-dealkylation sites (N-methyl/N-ethyl adjacent to an activating group) is 1. The highest BCUT2D eigenvalue weighted by atomic mass is 32.1. The molecule has 2 aromatic heterocycles. The van der Waals surface area contributed by atoms with Gasteiger partial charge in [0.2, 0.25) is 5.91 Å². The van der Waals surface area contributed by atoms with Crippen molar-refractivity contribution < 1.29 is 13.9 Å². The molecule has 0 spiro atoms. The van der Waals surface area contributed by atoms with Gasteiger partial charge in [0.05, 0.1) is 19.2 Å². The van der Waals surface area contributed by atoms with Crippen LogP contribution in [-0.4, -0.2) is 34.3 Å². The van der Waals surface area contributed by atoms with E-state index in [2.05, 4.69) is 4.98 Å². The number of methoxy groups -OCH3 is 1. The molecule has 0 saturated carbocycles. The number of imidazole rings is 1. The van der Waals surface area contributed by atoms with Gasteiger partial charge in [-0.05, 0) is 17.7 Å². The number of fused-ring (bicyclic) bond motifs is 1. The summed E-state index contributed by atoms with van der Waals surface area (Å²) >= 11 is 1.52. The number of thiazole rings is 1. The van der Waals surface area contributed by atoms with Gasteiger partial charge >= 0.3 is 0 Å². The number of rotatable bonds is 5. The Bertz CT molecular complexity index is 814. The zero-order valence-corrected chi connectivity index (χ0v) is 13.6. The number of benzene rings is 1. The molecule has 7 heteroatoms. The molecule has 0 bridgehead atoms. The average Bonchev–Trinajstić information content (AvgIpc) is 3.08. The average molecular weight is 333 g/mol. The number of carbonyl (C=O) groups excluding carboxylic acids is 1. The third kappa shape index (κ3) is 3.34. The van der Waals surface area contributed by atoms with E-state index in [1.807, 2.05) is 22.2 Å². The molecule has 0 saturated heterocycles. The summed E-state index contributed by atoms with van der Waals surface area (Å²) in [6.45, 7) is 0.335. The van der Waals surface area contributed by atoms with E-state index in [1.54, 1.807) is 24.1 Å². The number of halogens is 1. The fraction of sp³-hybridized carbons (Fsp3) is 0.250. The van der Waals surface area contributed by atoms with E-state index in [1.165, 1.54) is 24.5 Å². The summed E-state index contributed by atoms with van der Waals surface area (Å²) in [6.07, 6.45) is 3.99. The van der Waals surface area contributed by atoms with E-state index in [-0.39, 0.29) is 18.1 Å². The molecule has 1 amide bonds. The Kier molecular flexibility index (Phi) is 4.29. The van der Waals surface area contributed by atoms with Crippen LogP contribution >= 0.6 is 11.3 Å². The van der Waals surface area contributed by atoms with E-state index >= 15 is 0 Å². The Morgan fingerprint density at radius 3 is 3.00 bits per heavy atom. The molecule has 23 heavy (non-hydrogen) atoms. The summed E-state index contributed by atoms with van der Waals surface area (Å²) in [5.74, 6) is -0.298. The predicted octanol–water partition coefficient (Wildman–Crippen LogP) is 2.74. The van der Waals surface area contributed by atoms with Crippen LogP contribution in [0.4, 0.5) is 4.39 Å². The fourth-order valence-corrected chi connectivity index (χ4v) is 3.04. The maximum Gasteiger partial charge on any atom is 0.228 e. The van der Waals surface area contributed by atoms with Gasteiger partial charge in [0.25, 0.3) is 0 Å². The second-order valence-corrected chi connectivity index (χ2v) is 6.09. The van der Waals surface area contributed by atoms with Gasteiger partial charge in [-0.2, -0.15) is 0 Å². The number of hydrogen-bond donors (Lipinski definition) is 0. The lowest BCUT2D eigenvalue weighted by Crippen LogP contribution is -2.27. The summed E-state index contributed by atoms with van der Waals surface area (Å²) in [5, 5.41) is 1.94. The molecule has 0 radical (unpaired) electrons. The second-order valence-electron chi connectivity index (χ2n) is 5.22. The van der Waals surface area contributed by atoms with Gasteiger partial charge in [-0.1, -0.05) is 6.07 Å². The number of ether oxygens (including phenoxy) is 1. The topological polar surface area (TPSA) is 46.8 Å². The first-order chi connectivity index (χ1) is 11.1. The molecule has 3 rings (SSSR count). The smallest absolute Gasteiger partial charge is 0.228 e. The van der Waals surface area contributed by atoms with Crippen LogP contribution < -0.4 is 4.74 Å². The summed E-state index contributed by atoms with van der Waals surface area (Å²) in [4.78, 5) is 19.1. The highest BCUT2D eigenvalue weighted by Gasteiger charge is 2.14. The Labute approximate surface area is 136 Å². The van der Waals surface area contributed by atoms with Crippen molar-refractivity contribution in [2.45, 2.75) is 13.0 Å². The minimum Gasteiger partial charge on any atom is -0.494 e. The van der Waals surface area contributed by atoms with Crippen LogP contribution in [0.25, 0.3) is 4.96 Å². The van der Waals surface area contributed by atoms with Gasteiger partial charge in [-0.3, -0.25) is 9.20 Å². The van der Waals surface area contributed by atoms with Gasteiger partial charge in [-0.15, -0.1) is 11.3 Å². The van der Waals surface area contributed by atoms with Crippen molar-refractivity contribution >= 4 is 22.2 Å². The van der Waals surface area contributed by atoms with Crippen LogP contribution in [0.5, 0.6) is 5.75 Å². The van der Waals surface area contributed by atoms with E-state index in [4.69, 9.17) is 4.74 Å². The molecular formula is C16H16FN3O2S. The molecule has 0 atom stereocenters. The Morgan fingerprint density at radius 1 is 1.48 bits per heavy atom. The van der Waals surface area contributed by atoms with Crippen molar-refractivity contribution in [3.63, 3.8) is 0 Å². The van der Waals surface area contributed by atoms with Crippen molar-refractivity contribution in [1.29, 1.82) is 0 Å². The minimum absolute atomic E-state index is 0.0630. The van der Waals surface area contributed by atoms with E-state index in [0.717, 1.165) is 10.7 Å². The molecule has 2 heterocycles. The van der Waals surface area contributed by atoms with Crippen molar-refractivity contribution in [1.82, 2.24) is 14.3 Å². The monoisotopic (exact) mass is 333 g/mol. The Balaban J connectivity index is 1.65. The van der Waals surface area contributed by atoms with Crippen molar-refractivity contribution in [3.05, 3.63) is 53.0 Å². The molecule has 1 aromatic carbocycles. The van der Waals surface area contributed by atoms with E-state index in [9.17, 15) is 9.18 Å². The van der Waals surface area contributed by atoms with E-state index < -0.39 is 5.82 Å². The Hall–Kier alpha value is -2.41. The number of nitrogens with zero attached hydrogens (tertiary/aromatic N) is 3. The van der Waals surface area contributed by atoms with Gasteiger partial charge in [-0.25, -0.2) is 9.37 Å². The zero-order chi connectivity index (χ0) is 16.4. The normalized spacial score (nSPS) is 10.9. The van der Waals surface area contributed by atoms with Crippen LogP contribution in [0.2, 0.25) is 0 Å². The molecule has 0 aliphatic heterocycles. The lowest BCUT2D eigenvalue weighted by Gasteiger charge is -2.17. The van der Waals surface area contributed by atoms with Gasteiger partial charge in [0.1, 0.15) is 0 Å². The molecule has 5 nitrogen and oxygen atoms in total. The van der Waals surface area contributed by atoms with Crippen LogP contribution in [-0.2, 0) is 17.8 Å². The van der Waals surface area contributed by atoms with Gasteiger partial charge < -0.3 is 9.64 Å². The molecule has 0 aliphatic rings. The SMILES string of the molecule is COc1ccc(CN(C)C(=O)Cc2cn3ccsc3n2)cc1F. The molecule has 120 valence electrons. The molecule has 0 aliphatic carbocycles. The largest absolute Gasteiger partial charge is 0.494 e. The van der Waals surface area contributed by atoms with Crippen LogP contribution in [0.1, 0.15) is 11.3 Å². The van der Waals surface area contributed by atoms with Crippen LogP contribution in [0.3, 0.4) is 0 Å². The first-order valence-corrected chi connectivity index (χ1v) is 7.92. The zero-order valence-electron chi connectivity index (χ0n) is 12.8. The predicted molar refractivity (Wildman–Crippen MR) is 86.2 cm³/mol. The Morgan fingerprint density at radius 2 is 2.30 bits per heavy atom. The molecule has 0 N–H and O–H groups in total. The summed E-state index contributed by atoms with van der Waals surface area (Å²) in [5.41, 5.74) is 1.44. The minimum atomic E-state index is -0.430. The summed E-state index contributed by atoms with van der Waals surface area (Å²) < 4.78 is 20.5. The third-order valence-corrected chi connectivity index (χ3v) is 4.31. The molecule has 0 fully saturated rings. The number of hydrogen-bond acceptors (Lipinski definition) is 4. The first kappa shape index (κ1) is 15.5. The third-order valence-electron chi connectivity index (χ3n) is 3.54. The maximum atomic E-state index is 13.7. The number of aromatic nitrogens is 2. The van der Waals surface area contributed by atoms with Crippen molar-refractivity contribution in [2.24, 2.45) is 0 Å². The van der Waals surface area contributed by atoms with Gasteiger partial charge in [0, 0.05) is 31.4 Å². The standard InChI is InChI=1S/C16H16FN3O2S/c1-19(9-11-3-4-14(22-2)13(17)7-11)15(21)8-12-10-20-5-6-23-16(20)18-12/h3-7,10H,8-9H2,1-2H3. The van der Waals surface area contributed by atoms with E-state index in [0.29, 0.717) is 12.1 Å². The van der Waals surface area contributed by atoms with Crippen molar-refractivity contribution in [3.8, 4) is 5.75 Å². The highest BCUT2D eigenvalue weighted by molar-refractivity contribution is 7.15. The lowest BCUT2D eigenvalue weighted by atomic mass is 10.2. The van der Waals surface area contributed by atoms with Crippen LogP contribution in [0.15, 0.2) is 36.0 Å². The number of amides is 1. The maximum absolute atomic E-state index is 13.7. The lowest BCUT2D eigenvalue weighted by molar-refractivity contribution is -0.129. The second kappa shape index (κ2) is 6.37. The molecule has 3 aromatic rings. The van der Waals surface area contributed by atoms with Crippen molar-refractivity contribution in [2.75, 3.05) is 14.2 Å². The van der Waals surface area contributed by atoms with Crippen LogP contribution in [0, 0.1) is 5.82 Å². The fourth-order valence-electron chi connectivity index (χ4n) is 2.32. The van der Waals surface area contributed by atoms with Gasteiger partial charge in [0.15, 0.2) is 16.5 Å². The quantitative estimate of drug-likeness (QED) is 0.721. The highest BCUT2D eigenvalue weighted by Crippen LogP contribution is 2.19. The summed E-state index contributed by atoms with van der Waals surface area (Å²) in [7, 11) is 3.12. The molecule has 0 unspecified atom stereocenters. The number of carbonyl (C=O) groups is 1. The first-order valence-electron chi connectivity index (χ1n) is 7.04. The molecular weight excluding hydrogens is 317 g/mol.